The lowest BCUT2D eigenvalue weighted by Crippen LogP contribution is -2.35. The Morgan fingerprint density at radius 2 is 1.89 bits per heavy atom. The molecule has 5 nitrogen and oxygen atoms in total. The van der Waals surface area contributed by atoms with E-state index in [0.29, 0.717) is 24.8 Å². The molecule has 1 aliphatic heterocycles. The molecule has 0 saturated carbocycles. The zero-order valence-corrected chi connectivity index (χ0v) is 16.7. The van der Waals surface area contributed by atoms with Crippen LogP contribution in [0.5, 0.6) is 0 Å². The summed E-state index contributed by atoms with van der Waals surface area (Å²) in [5.41, 5.74) is 2.85. The van der Waals surface area contributed by atoms with Crippen LogP contribution in [0.15, 0.2) is 54.6 Å². The highest BCUT2D eigenvalue weighted by atomic mass is 16.5. The van der Waals surface area contributed by atoms with Gasteiger partial charge in [-0.3, -0.25) is 4.79 Å². The minimum Gasteiger partial charge on any atom is -0.387 e. The summed E-state index contributed by atoms with van der Waals surface area (Å²) in [5, 5.41) is 14.2. The first-order valence-corrected chi connectivity index (χ1v) is 9.91. The van der Waals surface area contributed by atoms with Gasteiger partial charge >= 0.3 is 0 Å². The van der Waals surface area contributed by atoms with E-state index in [0.717, 1.165) is 24.8 Å². The van der Waals surface area contributed by atoms with E-state index in [2.05, 4.69) is 5.32 Å². The minimum atomic E-state index is -0.478. The number of aliphatic hydroxyl groups is 1. The second kappa shape index (κ2) is 9.82. The van der Waals surface area contributed by atoms with Crippen molar-refractivity contribution in [3.05, 3.63) is 71.3 Å². The molecule has 2 aromatic rings. The highest BCUT2D eigenvalue weighted by molar-refractivity contribution is 5.94. The Hall–Kier alpha value is -2.21. The number of rotatable bonds is 8. The molecule has 0 aromatic heterocycles. The Bertz CT molecular complexity index is 748. The van der Waals surface area contributed by atoms with Crippen molar-refractivity contribution in [3.8, 4) is 0 Å². The van der Waals surface area contributed by atoms with Gasteiger partial charge in [0.1, 0.15) is 0 Å². The second-order valence-corrected chi connectivity index (χ2v) is 7.52. The van der Waals surface area contributed by atoms with Crippen LogP contribution in [-0.2, 0) is 11.2 Å². The van der Waals surface area contributed by atoms with Crippen LogP contribution in [0.4, 0.5) is 0 Å². The third-order valence-corrected chi connectivity index (χ3v) is 5.46. The molecule has 0 radical (unpaired) electrons. The van der Waals surface area contributed by atoms with E-state index in [1.165, 1.54) is 5.56 Å². The van der Waals surface area contributed by atoms with Crippen LogP contribution in [0.25, 0.3) is 0 Å². The number of hydrogen-bond acceptors (Lipinski definition) is 4. The van der Waals surface area contributed by atoms with E-state index in [1.807, 2.05) is 54.6 Å². The topological polar surface area (TPSA) is 61.8 Å². The van der Waals surface area contributed by atoms with Crippen molar-refractivity contribution in [2.45, 2.75) is 37.5 Å². The molecule has 28 heavy (non-hydrogen) atoms. The third-order valence-electron chi connectivity index (χ3n) is 5.46. The second-order valence-electron chi connectivity index (χ2n) is 7.52. The van der Waals surface area contributed by atoms with Crippen molar-refractivity contribution in [1.82, 2.24) is 10.2 Å². The average molecular weight is 383 g/mol. The number of carbonyl (C=O) groups excluding carboxylic acids is 1. The molecule has 3 rings (SSSR count). The molecule has 3 unspecified atom stereocenters. The SMILES string of the molecule is COCCN(C)C(=O)c1ccc(CC2CCC(C(O)c3ccccc3)N2)cc1. The number of likely N-dealkylation sites (N-methyl/N-ethyl adjacent to an activating group) is 1. The molecule has 0 spiro atoms. The minimum absolute atomic E-state index is 0.00800. The fourth-order valence-electron chi connectivity index (χ4n) is 3.76. The molecule has 1 amide bonds. The van der Waals surface area contributed by atoms with Gasteiger partial charge in [-0.25, -0.2) is 0 Å². The van der Waals surface area contributed by atoms with Crippen molar-refractivity contribution in [3.63, 3.8) is 0 Å². The smallest absolute Gasteiger partial charge is 0.253 e. The molecule has 3 atom stereocenters. The lowest BCUT2D eigenvalue weighted by molar-refractivity contribution is 0.0744. The van der Waals surface area contributed by atoms with E-state index in [1.54, 1.807) is 19.1 Å². The van der Waals surface area contributed by atoms with E-state index in [-0.39, 0.29) is 11.9 Å². The quantitative estimate of drug-likeness (QED) is 0.737. The van der Waals surface area contributed by atoms with Gasteiger partial charge in [-0.2, -0.15) is 0 Å². The van der Waals surface area contributed by atoms with Gasteiger partial charge in [-0.05, 0) is 42.5 Å². The monoisotopic (exact) mass is 382 g/mol. The molecule has 1 aliphatic rings. The maximum absolute atomic E-state index is 12.4. The Morgan fingerprint density at radius 1 is 1.18 bits per heavy atom. The number of amides is 1. The fourth-order valence-corrected chi connectivity index (χ4v) is 3.76. The van der Waals surface area contributed by atoms with Gasteiger partial charge in [0.25, 0.3) is 5.91 Å². The molecule has 5 heteroatoms. The van der Waals surface area contributed by atoms with Gasteiger partial charge in [0.05, 0.1) is 12.7 Å². The Balaban J connectivity index is 1.53. The van der Waals surface area contributed by atoms with Crippen molar-refractivity contribution >= 4 is 5.91 Å². The standard InChI is InChI=1S/C23H30N2O3/c1-25(14-15-28-2)23(27)19-10-8-17(9-11-19)16-20-12-13-21(24-20)22(26)18-6-4-3-5-7-18/h3-11,20-22,24,26H,12-16H2,1-2H3. The Morgan fingerprint density at radius 3 is 2.57 bits per heavy atom. The molecule has 1 saturated heterocycles. The number of hydrogen-bond donors (Lipinski definition) is 2. The summed E-state index contributed by atoms with van der Waals surface area (Å²) in [5.74, 6) is 0.00800. The average Bonchev–Trinajstić information content (AvgIpc) is 3.20. The molecule has 150 valence electrons. The van der Waals surface area contributed by atoms with Gasteiger partial charge in [0, 0.05) is 38.3 Å². The van der Waals surface area contributed by atoms with Crippen LogP contribution >= 0.6 is 0 Å². The summed E-state index contributed by atoms with van der Waals surface area (Å²) in [7, 11) is 3.42. The largest absolute Gasteiger partial charge is 0.387 e. The summed E-state index contributed by atoms with van der Waals surface area (Å²) in [4.78, 5) is 14.1. The van der Waals surface area contributed by atoms with Gasteiger partial charge < -0.3 is 20.1 Å². The number of ether oxygens (including phenoxy) is 1. The maximum atomic E-state index is 12.4. The molecule has 0 bridgehead atoms. The van der Waals surface area contributed by atoms with Crippen molar-refractivity contribution in [2.24, 2.45) is 0 Å². The van der Waals surface area contributed by atoms with Crippen molar-refractivity contribution in [2.75, 3.05) is 27.3 Å². The summed E-state index contributed by atoms with van der Waals surface area (Å²) in [6.07, 6.45) is 2.41. The third kappa shape index (κ3) is 5.19. The van der Waals surface area contributed by atoms with Gasteiger partial charge in [-0.15, -0.1) is 0 Å². The van der Waals surface area contributed by atoms with Crippen LogP contribution in [0.1, 0.15) is 40.4 Å². The molecule has 2 N–H and O–H groups in total. The van der Waals surface area contributed by atoms with Crippen LogP contribution in [0.3, 0.4) is 0 Å². The molecule has 0 aliphatic carbocycles. The van der Waals surface area contributed by atoms with Gasteiger partial charge in [0.2, 0.25) is 0 Å². The first kappa shape index (κ1) is 20.5. The van der Waals surface area contributed by atoms with Crippen molar-refractivity contribution < 1.29 is 14.6 Å². The van der Waals surface area contributed by atoms with Crippen LogP contribution in [0, 0.1) is 0 Å². The first-order chi connectivity index (χ1) is 13.6. The lowest BCUT2D eigenvalue weighted by Gasteiger charge is -2.20. The zero-order valence-electron chi connectivity index (χ0n) is 16.7. The molecular formula is C23H30N2O3. The molecule has 2 aromatic carbocycles. The maximum Gasteiger partial charge on any atom is 0.253 e. The predicted octanol–water partition coefficient (Wildman–Crippen LogP) is 2.80. The first-order valence-electron chi connectivity index (χ1n) is 9.91. The molecule has 1 fully saturated rings. The summed E-state index contributed by atoms with van der Waals surface area (Å²) < 4.78 is 5.03. The summed E-state index contributed by atoms with van der Waals surface area (Å²) in [6, 6.07) is 18.1. The van der Waals surface area contributed by atoms with E-state index in [9.17, 15) is 9.90 Å². The zero-order chi connectivity index (χ0) is 19.9. The van der Waals surface area contributed by atoms with E-state index < -0.39 is 6.10 Å². The van der Waals surface area contributed by atoms with Crippen LogP contribution < -0.4 is 5.32 Å². The number of carbonyl (C=O) groups is 1. The Labute approximate surface area is 167 Å². The van der Waals surface area contributed by atoms with E-state index >= 15 is 0 Å². The fraction of sp³-hybridized carbons (Fsp3) is 0.435. The highest BCUT2D eigenvalue weighted by Crippen LogP contribution is 2.26. The predicted molar refractivity (Wildman–Crippen MR) is 110 cm³/mol. The number of benzene rings is 2. The molecule has 1 heterocycles. The van der Waals surface area contributed by atoms with Gasteiger partial charge in [0.15, 0.2) is 0 Å². The summed E-state index contributed by atoms with van der Waals surface area (Å²) >= 11 is 0. The number of nitrogens with one attached hydrogen (secondary N) is 1. The van der Waals surface area contributed by atoms with Crippen LogP contribution in [-0.4, -0.2) is 55.3 Å². The highest BCUT2D eigenvalue weighted by Gasteiger charge is 2.29. The van der Waals surface area contributed by atoms with E-state index in [4.69, 9.17) is 4.74 Å². The van der Waals surface area contributed by atoms with Crippen molar-refractivity contribution in [1.29, 1.82) is 0 Å². The van der Waals surface area contributed by atoms with Gasteiger partial charge in [-0.1, -0.05) is 42.5 Å². The molecular weight excluding hydrogens is 352 g/mol. The number of aliphatic hydroxyl groups excluding tert-OH is 1. The van der Waals surface area contributed by atoms with Crippen LogP contribution in [0.2, 0.25) is 0 Å². The Kier molecular flexibility index (Phi) is 7.20. The number of methoxy groups -OCH3 is 1. The number of nitrogens with zero attached hydrogens (tertiary/aromatic N) is 1. The summed E-state index contributed by atoms with van der Waals surface area (Å²) in [6.45, 7) is 1.11. The lowest BCUT2D eigenvalue weighted by atomic mass is 10.0. The normalized spacial score (nSPS) is 20.1.